The van der Waals surface area contributed by atoms with E-state index in [-0.39, 0.29) is 10.6 Å². The quantitative estimate of drug-likeness (QED) is 0.656. The molecule has 2 aromatic rings. The lowest BCUT2D eigenvalue weighted by molar-refractivity contribution is 0.608. The number of alkyl halides is 1. The molecule has 1 unspecified atom stereocenters. The van der Waals surface area contributed by atoms with Gasteiger partial charge in [0.1, 0.15) is 5.82 Å². The van der Waals surface area contributed by atoms with Gasteiger partial charge >= 0.3 is 0 Å². The third-order valence-corrected chi connectivity index (χ3v) is 3.92. The Kier molecular flexibility index (Phi) is 4.41. The Morgan fingerprint density at radius 3 is 2.61 bits per heavy atom. The second kappa shape index (κ2) is 5.85. The van der Waals surface area contributed by atoms with Gasteiger partial charge in [-0.2, -0.15) is 0 Å². The monoisotopic (exact) mass is 326 g/mol. The van der Waals surface area contributed by atoms with Crippen molar-refractivity contribution in [1.82, 2.24) is 0 Å². The summed E-state index contributed by atoms with van der Waals surface area (Å²) in [7, 11) is 0. The van der Waals surface area contributed by atoms with Crippen LogP contribution < -0.4 is 0 Å². The Hall–Kier alpha value is -0.860. The standard InChI is InChI=1S/C15H13BrClF/c1-10-4-2-5-11(8-10)9-12(16)15-13(17)6-3-7-14(15)18/h2-8,12H,9H2,1H3. The van der Waals surface area contributed by atoms with Crippen LogP contribution in [-0.4, -0.2) is 0 Å². The molecule has 0 N–H and O–H groups in total. The van der Waals surface area contributed by atoms with Crippen LogP contribution in [-0.2, 0) is 6.42 Å². The van der Waals surface area contributed by atoms with Crippen molar-refractivity contribution in [2.45, 2.75) is 18.2 Å². The maximum Gasteiger partial charge on any atom is 0.129 e. The van der Waals surface area contributed by atoms with E-state index in [1.807, 2.05) is 25.1 Å². The van der Waals surface area contributed by atoms with Gasteiger partial charge in [-0.25, -0.2) is 4.39 Å². The molecule has 0 aliphatic carbocycles. The number of hydrogen-bond acceptors (Lipinski definition) is 0. The number of benzene rings is 2. The molecule has 0 aliphatic rings. The smallest absolute Gasteiger partial charge is 0.129 e. The van der Waals surface area contributed by atoms with Crippen LogP contribution in [0.15, 0.2) is 42.5 Å². The largest absolute Gasteiger partial charge is 0.207 e. The number of halogens is 3. The Morgan fingerprint density at radius 2 is 1.94 bits per heavy atom. The zero-order valence-electron chi connectivity index (χ0n) is 9.96. The summed E-state index contributed by atoms with van der Waals surface area (Å²) in [4.78, 5) is -0.118. The highest BCUT2D eigenvalue weighted by Crippen LogP contribution is 2.34. The normalized spacial score (nSPS) is 12.4. The molecule has 3 heteroatoms. The highest BCUT2D eigenvalue weighted by atomic mass is 79.9. The predicted molar refractivity (Wildman–Crippen MR) is 78.0 cm³/mol. The van der Waals surface area contributed by atoms with Gasteiger partial charge in [-0.05, 0) is 31.0 Å². The van der Waals surface area contributed by atoms with E-state index >= 15 is 0 Å². The second-order valence-electron chi connectivity index (χ2n) is 4.30. The Balaban J connectivity index is 2.25. The maximum atomic E-state index is 13.8. The lowest BCUT2D eigenvalue weighted by atomic mass is 10.0. The molecule has 0 aliphatic heterocycles. The molecule has 0 radical (unpaired) electrons. The lowest BCUT2D eigenvalue weighted by Gasteiger charge is -2.13. The van der Waals surface area contributed by atoms with Crippen molar-refractivity contribution in [3.63, 3.8) is 0 Å². The zero-order valence-corrected chi connectivity index (χ0v) is 12.3. The van der Waals surface area contributed by atoms with E-state index in [1.165, 1.54) is 11.6 Å². The van der Waals surface area contributed by atoms with Crippen LogP contribution in [0.25, 0.3) is 0 Å². The summed E-state index contributed by atoms with van der Waals surface area (Å²) >= 11 is 9.58. The molecule has 2 aromatic carbocycles. The van der Waals surface area contributed by atoms with Crippen LogP contribution in [0.2, 0.25) is 5.02 Å². The fourth-order valence-corrected chi connectivity index (χ4v) is 3.22. The summed E-state index contributed by atoms with van der Waals surface area (Å²) in [6.07, 6.45) is 0.711. The first kappa shape index (κ1) is 13.6. The topological polar surface area (TPSA) is 0 Å². The third kappa shape index (κ3) is 3.12. The van der Waals surface area contributed by atoms with Gasteiger partial charge in [-0.1, -0.05) is 63.4 Å². The average molecular weight is 328 g/mol. The van der Waals surface area contributed by atoms with Gasteiger partial charge in [-0.3, -0.25) is 0 Å². The molecule has 18 heavy (non-hydrogen) atoms. The molecule has 0 saturated carbocycles. The summed E-state index contributed by atoms with van der Waals surface area (Å²) in [5, 5.41) is 0.463. The molecular formula is C15H13BrClF. The first-order chi connectivity index (χ1) is 8.58. The average Bonchev–Trinajstić information content (AvgIpc) is 2.28. The van der Waals surface area contributed by atoms with Gasteiger partial charge < -0.3 is 0 Å². The first-order valence-electron chi connectivity index (χ1n) is 5.71. The van der Waals surface area contributed by atoms with Crippen molar-refractivity contribution in [2.75, 3.05) is 0 Å². The Labute approximate surface area is 120 Å². The molecule has 0 bridgehead atoms. The maximum absolute atomic E-state index is 13.8. The molecular weight excluding hydrogens is 315 g/mol. The number of rotatable bonds is 3. The van der Waals surface area contributed by atoms with E-state index in [0.717, 1.165) is 5.56 Å². The summed E-state index contributed by atoms with van der Waals surface area (Å²) in [6, 6.07) is 13.0. The van der Waals surface area contributed by atoms with Crippen LogP contribution in [0.5, 0.6) is 0 Å². The summed E-state index contributed by atoms with van der Waals surface area (Å²) in [6.45, 7) is 2.04. The lowest BCUT2D eigenvalue weighted by Crippen LogP contribution is -2.00. The van der Waals surface area contributed by atoms with Crippen molar-refractivity contribution >= 4 is 27.5 Å². The van der Waals surface area contributed by atoms with Gasteiger partial charge in [0.2, 0.25) is 0 Å². The highest BCUT2D eigenvalue weighted by Gasteiger charge is 2.16. The molecule has 94 valence electrons. The van der Waals surface area contributed by atoms with E-state index in [0.29, 0.717) is 17.0 Å². The van der Waals surface area contributed by atoms with Crippen LogP contribution in [0.4, 0.5) is 4.39 Å². The molecule has 0 nitrogen and oxygen atoms in total. The molecule has 2 rings (SSSR count). The molecule has 1 atom stereocenters. The van der Waals surface area contributed by atoms with Gasteiger partial charge in [-0.15, -0.1) is 0 Å². The van der Waals surface area contributed by atoms with E-state index in [1.54, 1.807) is 12.1 Å². The van der Waals surface area contributed by atoms with Crippen LogP contribution in [0.3, 0.4) is 0 Å². The van der Waals surface area contributed by atoms with E-state index < -0.39 is 0 Å². The van der Waals surface area contributed by atoms with Crippen molar-refractivity contribution in [3.8, 4) is 0 Å². The van der Waals surface area contributed by atoms with E-state index in [4.69, 9.17) is 11.6 Å². The van der Waals surface area contributed by atoms with E-state index in [2.05, 4.69) is 22.0 Å². The first-order valence-corrected chi connectivity index (χ1v) is 7.01. The molecule has 0 aromatic heterocycles. The number of hydrogen-bond donors (Lipinski definition) is 0. The summed E-state index contributed by atoms with van der Waals surface area (Å²) in [5.74, 6) is -0.267. The third-order valence-electron chi connectivity index (χ3n) is 2.81. The van der Waals surface area contributed by atoms with Crippen molar-refractivity contribution in [1.29, 1.82) is 0 Å². The van der Waals surface area contributed by atoms with Gasteiger partial charge in [0, 0.05) is 15.4 Å². The molecule has 0 saturated heterocycles. The summed E-state index contributed by atoms with van der Waals surface area (Å²) in [5.41, 5.74) is 2.89. The van der Waals surface area contributed by atoms with Crippen molar-refractivity contribution < 1.29 is 4.39 Å². The second-order valence-corrected chi connectivity index (χ2v) is 5.81. The Morgan fingerprint density at radius 1 is 1.22 bits per heavy atom. The van der Waals surface area contributed by atoms with Gasteiger partial charge in [0.15, 0.2) is 0 Å². The fraction of sp³-hybridized carbons (Fsp3) is 0.200. The van der Waals surface area contributed by atoms with Crippen LogP contribution in [0.1, 0.15) is 21.5 Å². The van der Waals surface area contributed by atoms with Gasteiger partial charge in [0.25, 0.3) is 0 Å². The minimum absolute atomic E-state index is 0.118. The van der Waals surface area contributed by atoms with Gasteiger partial charge in [0.05, 0.1) is 0 Å². The van der Waals surface area contributed by atoms with Crippen LogP contribution in [0, 0.1) is 12.7 Å². The summed E-state index contributed by atoms with van der Waals surface area (Å²) < 4.78 is 13.8. The Bertz CT molecular complexity index is 534. The molecule has 0 spiro atoms. The predicted octanol–water partition coefficient (Wildman–Crippen LogP) is 5.47. The van der Waals surface area contributed by atoms with Crippen LogP contribution >= 0.6 is 27.5 Å². The minimum atomic E-state index is -0.267. The number of aryl methyl sites for hydroxylation is 1. The zero-order chi connectivity index (χ0) is 13.1. The fourth-order valence-electron chi connectivity index (χ4n) is 1.96. The molecule has 0 heterocycles. The highest BCUT2D eigenvalue weighted by molar-refractivity contribution is 9.09. The van der Waals surface area contributed by atoms with E-state index in [9.17, 15) is 4.39 Å². The minimum Gasteiger partial charge on any atom is -0.207 e. The van der Waals surface area contributed by atoms with Crippen molar-refractivity contribution in [3.05, 3.63) is 70.0 Å². The van der Waals surface area contributed by atoms with Crippen molar-refractivity contribution in [2.24, 2.45) is 0 Å². The SMILES string of the molecule is Cc1cccc(CC(Br)c2c(F)cccc2Cl)c1. The molecule has 0 fully saturated rings. The molecule has 0 amide bonds.